The molecule has 0 aliphatic carbocycles. The molecule has 0 radical (unpaired) electrons. The molecule has 2 rings (SSSR count). The van der Waals surface area contributed by atoms with Gasteiger partial charge < -0.3 is 0 Å². The molecule has 5 heteroatoms. The van der Waals surface area contributed by atoms with E-state index in [4.69, 9.17) is 0 Å². The van der Waals surface area contributed by atoms with Crippen molar-refractivity contribution in [3.63, 3.8) is 0 Å². The fourth-order valence-electron chi connectivity index (χ4n) is 2.00. The second-order valence-electron chi connectivity index (χ2n) is 4.10. The highest BCUT2D eigenvalue weighted by Gasteiger charge is 2.20. The molecule has 1 atom stereocenters. The second kappa shape index (κ2) is 5.73. The Hall–Kier alpha value is 0.290. The van der Waals surface area contributed by atoms with Gasteiger partial charge in [0.15, 0.2) is 0 Å². The maximum Gasteiger partial charge on any atom is 0.123 e. The molecule has 1 unspecified atom stereocenters. The third kappa shape index (κ3) is 2.89. The molecule has 1 heterocycles. The van der Waals surface area contributed by atoms with Crippen molar-refractivity contribution < 1.29 is 4.39 Å². The van der Waals surface area contributed by atoms with Crippen molar-refractivity contribution in [1.82, 2.24) is 0 Å². The number of rotatable bonds is 2. The van der Waals surface area contributed by atoms with Gasteiger partial charge >= 0.3 is 0 Å². The summed E-state index contributed by atoms with van der Waals surface area (Å²) in [7, 11) is 0. The summed E-state index contributed by atoms with van der Waals surface area (Å²) in [5.41, 5.74) is 4.21. The van der Waals surface area contributed by atoms with Gasteiger partial charge in [-0.05, 0) is 86.2 Å². The summed E-state index contributed by atoms with van der Waals surface area (Å²) in [5.74, 6) is -0.181. The first-order valence-corrected chi connectivity index (χ1v) is 8.57. The average Bonchev–Trinajstić information content (AvgIpc) is 2.56. The summed E-state index contributed by atoms with van der Waals surface area (Å²) in [6.07, 6.45) is 0. The van der Waals surface area contributed by atoms with E-state index in [1.807, 2.05) is 13.8 Å². The fraction of sp³-hybridized carbons (Fsp3) is 0.231. The van der Waals surface area contributed by atoms with Crippen molar-refractivity contribution in [2.24, 2.45) is 0 Å². The van der Waals surface area contributed by atoms with Gasteiger partial charge in [0.1, 0.15) is 5.82 Å². The van der Waals surface area contributed by atoms with Gasteiger partial charge in [-0.15, -0.1) is 11.3 Å². The highest BCUT2D eigenvalue weighted by molar-refractivity contribution is 9.12. The summed E-state index contributed by atoms with van der Waals surface area (Å²) < 4.78 is 15.5. The van der Waals surface area contributed by atoms with E-state index in [1.54, 1.807) is 23.5 Å². The quantitative estimate of drug-likeness (QED) is 0.451. The highest BCUT2D eigenvalue weighted by atomic mass is 79.9. The number of alkyl halides is 1. The van der Waals surface area contributed by atoms with Gasteiger partial charge in [-0.25, -0.2) is 4.39 Å². The minimum atomic E-state index is -0.181. The minimum Gasteiger partial charge on any atom is -0.207 e. The van der Waals surface area contributed by atoms with E-state index in [9.17, 15) is 4.39 Å². The van der Waals surface area contributed by atoms with Gasteiger partial charge in [-0.3, -0.25) is 0 Å². The molecule has 0 aliphatic rings. The third-order valence-corrected chi connectivity index (χ3v) is 6.10. The number of thiophene rings is 1. The zero-order valence-electron chi connectivity index (χ0n) is 9.73. The molecule has 0 nitrogen and oxygen atoms in total. The fourth-order valence-corrected chi connectivity index (χ4v) is 6.45. The molecule has 0 aliphatic heterocycles. The first kappa shape index (κ1) is 14.7. The smallest absolute Gasteiger partial charge is 0.123 e. The van der Waals surface area contributed by atoms with Gasteiger partial charge in [-0.1, -0.05) is 15.9 Å². The van der Waals surface area contributed by atoms with Crippen LogP contribution in [0, 0.1) is 19.7 Å². The summed E-state index contributed by atoms with van der Waals surface area (Å²) in [5, 5.41) is 0. The molecule has 0 saturated carbocycles. The molecule has 0 fully saturated rings. The van der Waals surface area contributed by atoms with E-state index >= 15 is 0 Å². The lowest BCUT2D eigenvalue weighted by Gasteiger charge is -2.16. The molecule has 18 heavy (non-hydrogen) atoms. The van der Waals surface area contributed by atoms with Crippen LogP contribution >= 0.6 is 59.1 Å². The van der Waals surface area contributed by atoms with E-state index < -0.39 is 0 Å². The Morgan fingerprint density at radius 3 is 2.11 bits per heavy atom. The molecule has 1 aromatic carbocycles. The maximum absolute atomic E-state index is 13.3. The number of hydrogen-bond acceptors (Lipinski definition) is 1. The molecular formula is C13H10Br3FS. The lowest BCUT2D eigenvalue weighted by Crippen LogP contribution is -1.99. The van der Waals surface area contributed by atoms with Crippen LogP contribution < -0.4 is 0 Å². The Morgan fingerprint density at radius 2 is 1.67 bits per heavy atom. The van der Waals surface area contributed by atoms with E-state index in [0.717, 1.165) is 29.8 Å². The van der Waals surface area contributed by atoms with Crippen molar-refractivity contribution in [2.45, 2.75) is 18.7 Å². The highest BCUT2D eigenvalue weighted by Crippen LogP contribution is 2.43. The van der Waals surface area contributed by atoms with E-state index in [1.165, 1.54) is 0 Å². The first-order valence-electron chi connectivity index (χ1n) is 5.25. The summed E-state index contributed by atoms with van der Waals surface area (Å²) in [4.78, 5) is 0.0648. The molecule has 1 aromatic heterocycles. The zero-order valence-corrected chi connectivity index (χ0v) is 15.3. The van der Waals surface area contributed by atoms with Crippen molar-refractivity contribution in [2.75, 3.05) is 0 Å². The Labute approximate surface area is 135 Å². The predicted octanol–water partition coefficient (Wildman–Crippen LogP) is 6.51. The first-order chi connectivity index (χ1) is 8.40. The van der Waals surface area contributed by atoms with Crippen LogP contribution in [0.1, 0.15) is 27.1 Å². The van der Waals surface area contributed by atoms with Crippen LogP contribution in [0.3, 0.4) is 0 Å². The van der Waals surface area contributed by atoms with E-state index in [0.29, 0.717) is 0 Å². The zero-order chi connectivity index (χ0) is 13.4. The lowest BCUT2D eigenvalue weighted by molar-refractivity contribution is 0.624. The van der Waals surface area contributed by atoms with E-state index in [2.05, 4.69) is 53.9 Å². The molecule has 0 saturated heterocycles. The van der Waals surface area contributed by atoms with Crippen LogP contribution in [-0.4, -0.2) is 0 Å². The molecular weight excluding hydrogens is 447 g/mol. The number of aryl methyl sites for hydroxylation is 2. The molecule has 96 valence electrons. The standard InChI is InChI=1S/C13H10Br3FS/c1-6-3-8(17)4-7(2)11(6)12(15)9-5-10(14)18-13(9)16/h3-5,12H,1-2H3. The van der Waals surface area contributed by atoms with E-state index in [-0.39, 0.29) is 10.6 Å². The SMILES string of the molecule is Cc1cc(F)cc(C)c1C(Br)c1cc(Br)sc1Br. The van der Waals surface area contributed by atoms with Gasteiger partial charge in [0, 0.05) is 0 Å². The largest absolute Gasteiger partial charge is 0.207 e. The maximum atomic E-state index is 13.3. The molecule has 0 spiro atoms. The third-order valence-electron chi connectivity index (χ3n) is 2.77. The average molecular weight is 457 g/mol. The van der Waals surface area contributed by atoms with Crippen LogP contribution in [0.25, 0.3) is 0 Å². The van der Waals surface area contributed by atoms with Gasteiger partial charge in [0.25, 0.3) is 0 Å². The van der Waals surface area contributed by atoms with Crippen molar-refractivity contribution >= 4 is 59.1 Å². The molecule has 0 amide bonds. The lowest BCUT2D eigenvalue weighted by atomic mass is 9.97. The monoisotopic (exact) mass is 454 g/mol. The Kier molecular flexibility index (Phi) is 4.68. The molecule has 0 N–H and O–H groups in total. The Bertz CT molecular complexity index is 569. The number of benzene rings is 1. The molecule has 2 aromatic rings. The van der Waals surface area contributed by atoms with Crippen molar-refractivity contribution in [3.05, 3.63) is 53.8 Å². The Morgan fingerprint density at radius 1 is 1.11 bits per heavy atom. The van der Waals surface area contributed by atoms with Crippen LogP contribution in [0.2, 0.25) is 0 Å². The summed E-state index contributed by atoms with van der Waals surface area (Å²) in [6, 6.07) is 5.23. The Balaban J connectivity index is 2.52. The summed E-state index contributed by atoms with van der Waals surface area (Å²) >= 11 is 12.4. The van der Waals surface area contributed by atoms with Gasteiger partial charge in [0.2, 0.25) is 0 Å². The van der Waals surface area contributed by atoms with Crippen LogP contribution in [-0.2, 0) is 0 Å². The minimum absolute atomic E-state index is 0.0648. The number of hydrogen-bond donors (Lipinski definition) is 0. The van der Waals surface area contributed by atoms with Gasteiger partial charge in [-0.2, -0.15) is 0 Å². The van der Waals surface area contributed by atoms with Crippen molar-refractivity contribution in [3.8, 4) is 0 Å². The predicted molar refractivity (Wildman–Crippen MR) is 86.4 cm³/mol. The van der Waals surface area contributed by atoms with Crippen LogP contribution in [0.4, 0.5) is 4.39 Å². The van der Waals surface area contributed by atoms with Crippen LogP contribution in [0.5, 0.6) is 0 Å². The van der Waals surface area contributed by atoms with Gasteiger partial charge in [0.05, 0.1) is 12.4 Å². The van der Waals surface area contributed by atoms with Crippen molar-refractivity contribution in [1.29, 1.82) is 0 Å². The topological polar surface area (TPSA) is 0 Å². The molecule has 0 bridgehead atoms. The normalized spacial score (nSPS) is 12.8. The number of halogens is 4. The summed E-state index contributed by atoms with van der Waals surface area (Å²) in [6.45, 7) is 3.88. The second-order valence-corrected chi connectivity index (χ2v) is 8.76. The van der Waals surface area contributed by atoms with Crippen LogP contribution in [0.15, 0.2) is 25.8 Å².